The van der Waals surface area contributed by atoms with E-state index in [9.17, 15) is 0 Å². The van der Waals surface area contributed by atoms with Crippen molar-refractivity contribution in [2.75, 3.05) is 11.9 Å². The van der Waals surface area contributed by atoms with Gasteiger partial charge in [0, 0.05) is 12.7 Å². The van der Waals surface area contributed by atoms with Crippen molar-refractivity contribution in [2.45, 2.75) is 25.1 Å². The normalized spacial score (nSPS) is 17.9. The molecule has 1 aliphatic rings. The van der Waals surface area contributed by atoms with Crippen LogP contribution in [0.3, 0.4) is 0 Å². The Kier molecular flexibility index (Phi) is 2.87. The number of alkyl halides is 1. The van der Waals surface area contributed by atoms with Crippen molar-refractivity contribution in [3.63, 3.8) is 0 Å². The number of nitrogens with one attached hydrogen (secondary N) is 1. The lowest BCUT2D eigenvalue weighted by Crippen LogP contribution is -2.16. The Hall–Kier alpha value is -0.830. The van der Waals surface area contributed by atoms with Crippen LogP contribution in [-0.4, -0.2) is 21.9 Å². The molecule has 14 heavy (non-hydrogen) atoms. The summed E-state index contributed by atoms with van der Waals surface area (Å²) < 4.78 is 0. The number of nitrogens with zero attached hydrogens (tertiary/aromatic N) is 2. The number of halogens is 1. The molecule has 1 atom stereocenters. The summed E-state index contributed by atoms with van der Waals surface area (Å²) in [6, 6.07) is 1.86. The van der Waals surface area contributed by atoms with Crippen LogP contribution in [0, 0.1) is 12.8 Å². The van der Waals surface area contributed by atoms with E-state index >= 15 is 0 Å². The predicted octanol–water partition coefficient (Wildman–Crippen LogP) is 2.21. The zero-order valence-corrected chi connectivity index (χ0v) is 8.96. The molecule has 1 N–H and O–H groups in total. The number of aryl methyl sites for hydroxylation is 1. The van der Waals surface area contributed by atoms with Gasteiger partial charge in [-0.05, 0) is 31.7 Å². The largest absolute Gasteiger partial charge is 0.368 e. The fourth-order valence-electron chi connectivity index (χ4n) is 1.38. The maximum absolute atomic E-state index is 6.16. The Labute approximate surface area is 88.9 Å². The molecule has 0 amide bonds. The number of aromatic nitrogens is 2. The van der Waals surface area contributed by atoms with Gasteiger partial charge in [0.2, 0.25) is 0 Å². The highest BCUT2D eigenvalue weighted by atomic mass is 35.5. The van der Waals surface area contributed by atoms with Gasteiger partial charge >= 0.3 is 0 Å². The second kappa shape index (κ2) is 4.13. The Morgan fingerprint density at radius 1 is 1.64 bits per heavy atom. The maximum Gasteiger partial charge on any atom is 0.129 e. The maximum atomic E-state index is 6.16. The molecule has 0 aromatic carbocycles. The second-order valence-corrected chi connectivity index (χ2v) is 4.28. The smallest absolute Gasteiger partial charge is 0.129 e. The van der Waals surface area contributed by atoms with Crippen LogP contribution in [-0.2, 0) is 0 Å². The summed E-state index contributed by atoms with van der Waals surface area (Å²) >= 11 is 6.16. The van der Waals surface area contributed by atoms with Gasteiger partial charge in [0.25, 0.3) is 0 Å². The van der Waals surface area contributed by atoms with Crippen molar-refractivity contribution in [3.05, 3.63) is 18.1 Å². The fraction of sp³-hybridized carbons (Fsp3) is 0.600. The summed E-state index contributed by atoms with van der Waals surface area (Å²) in [6.07, 6.45) is 4.31. The second-order valence-electron chi connectivity index (χ2n) is 3.72. The predicted molar refractivity (Wildman–Crippen MR) is 57.6 cm³/mol. The Morgan fingerprint density at radius 3 is 3.07 bits per heavy atom. The first kappa shape index (κ1) is 9.71. The molecule has 3 nitrogen and oxygen atoms in total. The zero-order chi connectivity index (χ0) is 9.97. The van der Waals surface area contributed by atoms with Gasteiger partial charge in [-0.15, -0.1) is 11.6 Å². The molecule has 1 aliphatic carbocycles. The summed E-state index contributed by atoms with van der Waals surface area (Å²) in [4.78, 5) is 8.27. The van der Waals surface area contributed by atoms with E-state index in [2.05, 4.69) is 15.3 Å². The van der Waals surface area contributed by atoms with Crippen LogP contribution >= 0.6 is 11.6 Å². The lowest BCUT2D eigenvalue weighted by atomic mass is 10.3. The SMILES string of the molecule is Cc1nccc(NCC(Cl)C2CC2)n1. The Morgan fingerprint density at radius 2 is 2.43 bits per heavy atom. The van der Waals surface area contributed by atoms with E-state index < -0.39 is 0 Å². The summed E-state index contributed by atoms with van der Waals surface area (Å²) in [7, 11) is 0. The van der Waals surface area contributed by atoms with Crippen LogP contribution in [0.15, 0.2) is 12.3 Å². The van der Waals surface area contributed by atoms with Crippen molar-refractivity contribution < 1.29 is 0 Å². The van der Waals surface area contributed by atoms with E-state index in [1.54, 1.807) is 6.20 Å². The zero-order valence-electron chi connectivity index (χ0n) is 8.20. The highest BCUT2D eigenvalue weighted by molar-refractivity contribution is 6.21. The first-order valence-electron chi connectivity index (χ1n) is 4.93. The molecule has 0 bridgehead atoms. The monoisotopic (exact) mass is 211 g/mol. The van der Waals surface area contributed by atoms with Crippen molar-refractivity contribution in [1.82, 2.24) is 9.97 Å². The van der Waals surface area contributed by atoms with E-state index in [0.717, 1.165) is 18.2 Å². The molecule has 4 heteroatoms. The van der Waals surface area contributed by atoms with Crippen molar-refractivity contribution in [1.29, 1.82) is 0 Å². The summed E-state index contributed by atoms with van der Waals surface area (Å²) in [5.41, 5.74) is 0. The van der Waals surface area contributed by atoms with Gasteiger partial charge in [0.05, 0.1) is 5.38 Å². The van der Waals surface area contributed by atoms with Gasteiger partial charge < -0.3 is 5.32 Å². The molecule has 76 valence electrons. The molecule has 0 aliphatic heterocycles. The molecule has 2 rings (SSSR count). The van der Waals surface area contributed by atoms with Crippen molar-refractivity contribution in [3.8, 4) is 0 Å². The Bertz CT molecular complexity index is 312. The third kappa shape index (κ3) is 2.58. The van der Waals surface area contributed by atoms with Crippen LogP contribution < -0.4 is 5.32 Å². The number of rotatable bonds is 4. The van der Waals surface area contributed by atoms with E-state index in [1.807, 2.05) is 13.0 Å². The molecule has 0 radical (unpaired) electrons. The van der Waals surface area contributed by atoms with Gasteiger partial charge in [-0.1, -0.05) is 0 Å². The van der Waals surface area contributed by atoms with Crippen molar-refractivity contribution >= 4 is 17.4 Å². The van der Waals surface area contributed by atoms with Crippen LogP contribution in [0.5, 0.6) is 0 Å². The van der Waals surface area contributed by atoms with Gasteiger partial charge in [-0.3, -0.25) is 0 Å². The minimum atomic E-state index is 0.241. The molecule has 0 spiro atoms. The van der Waals surface area contributed by atoms with E-state index in [-0.39, 0.29) is 5.38 Å². The van der Waals surface area contributed by atoms with Crippen LogP contribution in [0.2, 0.25) is 0 Å². The third-order valence-electron chi connectivity index (χ3n) is 2.39. The Balaban J connectivity index is 1.84. The van der Waals surface area contributed by atoms with Gasteiger partial charge in [-0.2, -0.15) is 0 Å². The number of hydrogen-bond donors (Lipinski definition) is 1. The van der Waals surface area contributed by atoms with E-state index in [4.69, 9.17) is 11.6 Å². The third-order valence-corrected chi connectivity index (χ3v) is 2.90. The average Bonchev–Trinajstić information content (AvgIpc) is 2.97. The van der Waals surface area contributed by atoms with Gasteiger partial charge in [0.15, 0.2) is 0 Å². The van der Waals surface area contributed by atoms with Gasteiger partial charge in [0.1, 0.15) is 11.6 Å². The number of anilines is 1. The topological polar surface area (TPSA) is 37.8 Å². The van der Waals surface area contributed by atoms with Crippen LogP contribution in [0.1, 0.15) is 18.7 Å². The minimum absolute atomic E-state index is 0.241. The highest BCUT2D eigenvalue weighted by Crippen LogP contribution is 2.35. The van der Waals surface area contributed by atoms with E-state index in [0.29, 0.717) is 5.92 Å². The molecule has 1 fully saturated rings. The fourth-order valence-corrected chi connectivity index (χ4v) is 1.71. The molecular formula is C10H14ClN3. The first-order chi connectivity index (χ1) is 6.75. The number of hydrogen-bond acceptors (Lipinski definition) is 3. The van der Waals surface area contributed by atoms with Crippen LogP contribution in [0.25, 0.3) is 0 Å². The van der Waals surface area contributed by atoms with Crippen LogP contribution in [0.4, 0.5) is 5.82 Å². The van der Waals surface area contributed by atoms with Crippen molar-refractivity contribution in [2.24, 2.45) is 5.92 Å². The quantitative estimate of drug-likeness (QED) is 0.777. The molecule has 1 heterocycles. The van der Waals surface area contributed by atoms with Gasteiger partial charge in [-0.25, -0.2) is 9.97 Å². The molecule has 1 saturated carbocycles. The first-order valence-corrected chi connectivity index (χ1v) is 5.37. The average molecular weight is 212 g/mol. The summed E-state index contributed by atoms with van der Waals surface area (Å²) in [6.45, 7) is 2.67. The molecule has 1 aromatic heterocycles. The lowest BCUT2D eigenvalue weighted by Gasteiger charge is -2.09. The lowest BCUT2D eigenvalue weighted by molar-refractivity contribution is 0.767. The summed E-state index contributed by atoms with van der Waals surface area (Å²) in [5.74, 6) is 2.36. The summed E-state index contributed by atoms with van der Waals surface area (Å²) in [5, 5.41) is 3.46. The highest BCUT2D eigenvalue weighted by Gasteiger charge is 2.29. The molecule has 1 aromatic rings. The molecule has 0 saturated heterocycles. The molecular weight excluding hydrogens is 198 g/mol. The minimum Gasteiger partial charge on any atom is -0.368 e. The standard InChI is InChI=1S/C10H14ClN3/c1-7-12-5-4-10(14-7)13-6-9(11)8-2-3-8/h4-5,8-9H,2-3,6H2,1H3,(H,12,13,14). The van der Waals surface area contributed by atoms with E-state index in [1.165, 1.54) is 12.8 Å². The molecule has 1 unspecified atom stereocenters.